The van der Waals surface area contributed by atoms with E-state index in [9.17, 15) is 18.0 Å². The molecule has 4 heterocycles. The Hall–Kier alpha value is -3.32. The van der Waals surface area contributed by atoms with Gasteiger partial charge in [0.2, 0.25) is 0 Å². The van der Waals surface area contributed by atoms with E-state index in [1.54, 1.807) is 23.5 Å². The molecule has 0 radical (unpaired) electrons. The molecule has 176 valence electrons. The number of rotatable bonds is 4. The van der Waals surface area contributed by atoms with Crippen LogP contribution < -0.4 is 0 Å². The number of fused-ring (bicyclic) bond motifs is 1. The predicted molar refractivity (Wildman–Crippen MR) is 110 cm³/mol. The lowest BCUT2D eigenvalue weighted by atomic mass is 10.2. The number of aryl methyl sites for hydroxylation is 1. The second-order valence-corrected chi connectivity index (χ2v) is 8.10. The highest BCUT2D eigenvalue weighted by molar-refractivity contribution is 7.09. The van der Waals surface area contributed by atoms with Gasteiger partial charge in [0.15, 0.2) is 0 Å². The molecule has 0 spiro atoms. The quantitative estimate of drug-likeness (QED) is 0.608. The van der Waals surface area contributed by atoms with Crippen molar-refractivity contribution in [1.29, 1.82) is 0 Å². The fourth-order valence-corrected chi connectivity index (χ4v) is 3.58. The van der Waals surface area contributed by atoms with Gasteiger partial charge in [-0.15, -0.1) is 11.3 Å². The Kier molecular flexibility index (Phi) is 7.76. The number of aromatic nitrogens is 4. The molecule has 1 amide bonds. The number of carbonyl (C=O) groups is 2. The van der Waals surface area contributed by atoms with Gasteiger partial charge in [-0.2, -0.15) is 18.3 Å². The molecule has 0 saturated carbocycles. The van der Waals surface area contributed by atoms with Crippen molar-refractivity contribution < 1.29 is 32.6 Å². The van der Waals surface area contributed by atoms with Crippen LogP contribution in [0.4, 0.5) is 13.2 Å². The van der Waals surface area contributed by atoms with Crippen molar-refractivity contribution in [3.05, 3.63) is 64.1 Å². The van der Waals surface area contributed by atoms with Gasteiger partial charge in [0.25, 0.3) is 5.91 Å². The molecule has 1 aliphatic heterocycles. The van der Waals surface area contributed by atoms with Gasteiger partial charge in [0.1, 0.15) is 5.69 Å². The lowest BCUT2D eigenvalue weighted by molar-refractivity contribution is -0.192. The van der Waals surface area contributed by atoms with E-state index >= 15 is 0 Å². The molecule has 1 unspecified atom stereocenters. The number of carbonyl (C=O) groups excluding carboxylic acids is 1. The van der Waals surface area contributed by atoms with E-state index in [0.29, 0.717) is 31.9 Å². The number of carboxylic acid groups (broad SMARTS) is 1. The molecule has 1 aliphatic rings. The van der Waals surface area contributed by atoms with Crippen LogP contribution in [0.5, 0.6) is 0 Å². The summed E-state index contributed by atoms with van der Waals surface area (Å²) < 4.78 is 39.7. The highest BCUT2D eigenvalue weighted by atomic mass is 32.1. The van der Waals surface area contributed by atoms with Crippen LogP contribution in [0.2, 0.25) is 0 Å². The Labute approximate surface area is 190 Å². The molecule has 0 aromatic carbocycles. The molecule has 0 bridgehead atoms. The molecule has 3 aromatic rings. The van der Waals surface area contributed by atoms with E-state index in [-0.39, 0.29) is 12.0 Å². The third kappa shape index (κ3) is 6.83. The van der Waals surface area contributed by atoms with Crippen molar-refractivity contribution in [3.8, 4) is 0 Å². The van der Waals surface area contributed by atoms with Gasteiger partial charge in [-0.1, -0.05) is 6.07 Å². The van der Waals surface area contributed by atoms with Gasteiger partial charge in [-0.05, 0) is 24.6 Å². The third-order valence-electron chi connectivity index (χ3n) is 4.53. The maximum Gasteiger partial charge on any atom is 0.490 e. The number of hydrogen-bond acceptors (Lipinski definition) is 7. The number of pyridine rings is 1. The number of aliphatic carboxylic acids is 1. The van der Waals surface area contributed by atoms with E-state index in [1.165, 1.54) is 11.3 Å². The number of amides is 1. The van der Waals surface area contributed by atoms with Crippen LogP contribution in [0.1, 0.15) is 26.8 Å². The van der Waals surface area contributed by atoms with Crippen molar-refractivity contribution in [3.63, 3.8) is 0 Å². The van der Waals surface area contributed by atoms with Crippen LogP contribution in [0, 0.1) is 6.92 Å². The Morgan fingerprint density at radius 2 is 2.03 bits per heavy atom. The number of carboxylic acids is 1. The first-order valence-corrected chi connectivity index (χ1v) is 10.5. The summed E-state index contributed by atoms with van der Waals surface area (Å²) in [6.07, 6.45) is 0.0485. The van der Waals surface area contributed by atoms with E-state index in [4.69, 9.17) is 14.6 Å². The summed E-state index contributed by atoms with van der Waals surface area (Å²) in [5.74, 6) is -2.83. The molecule has 3 aromatic heterocycles. The Morgan fingerprint density at radius 3 is 2.64 bits per heavy atom. The van der Waals surface area contributed by atoms with Crippen molar-refractivity contribution >= 4 is 23.2 Å². The standard InChI is InChI=1S/C18H19N5O2S.C2HF3O2/c1-13-21-17(12-26-13)18(24)22-8-15-4-6-20-23(15)10-16(9-22)25-11-14-3-2-5-19-7-14;3-2(4,5)1(6)7/h2-7,12,16H,8-11H2,1H3;(H,6,7). The second kappa shape index (κ2) is 10.5. The highest BCUT2D eigenvalue weighted by Gasteiger charge is 2.38. The first-order valence-electron chi connectivity index (χ1n) is 9.66. The van der Waals surface area contributed by atoms with Crippen LogP contribution in [-0.4, -0.2) is 60.5 Å². The fraction of sp³-hybridized carbons (Fsp3) is 0.350. The Morgan fingerprint density at radius 1 is 1.27 bits per heavy atom. The second-order valence-electron chi connectivity index (χ2n) is 7.04. The monoisotopic (exact) mass is 483 g/mol. The van der Waals surface area contributed by atoms with Gasteiger partial charge in [-0.3, -0.25) is 14.5 Å². The molecule has 0 saturated heterocycles. The van der Waals surface area contributed by atoms with Gasteiger partial charge in [-0.25, -0.2) is 9.78 Å². The smallest absolute Gasteiger partial charge is 0.475 e. The first kappa shape index (κ1) is 24.3. The van der Waals surface area contributed by atoms with Crippen LogP contribution >= 0.6 is 11.3 Å². The summed E-state index contributed by atoms with van der Waals surface area (Å²) >= 11 is 1.48. The SMILES string of the molecule is Cc1nc(C(=O)N2Cc3ccnn3CC(OCc3cccnc3)C2)cs1.O=C(O)C(F)(F)F. The van der Waals surface area contributed by atoms with Gasteiger partial charge >= 0.3 is 12.1 Å². The number of hydrogen-bond donors (Lipinski definition) is 1. The maximum absolute atomic E-state index is 12.9. The van der Waals surface area contributed by atoms with Crippen LogP contribution in [0.15, 0.2) is 42.2 Å². The topological polar surface area (TPSA) is 110 Å². The summed E-state index contributed by atoms with van der Waals surface area (Å²) in [5.41, 5.74) is 2.50. The van der Waals surface area contributed by atoms with Crippen LogP contribution in [-0.2, 0) is 29.2 Å². The van der Waals surface area contributed by atoms with E-state index in [1.807, 2.05) is 35.2 Å². The molecule has 0 fully saturated rings. The number of alkyl halides is 3. The van der Waals surface area contributed by atoms with Crippen molar-refractivity contribution in [2.24, 2.45) is 0 Å². The van der Waals surface area contributed by atoms with Gasteiger partial charge in [0, 0.05) is 30.5 Å². The molecule has 4 rings (SSSR count). The third-order valence-corrected chi connectivity index (χ3v) is 5.31. The van der Waals surface area contributed by atoms with Crippen LogP contribution in [0.25, 0.3) is 0 Å². The lowest BCUT2D eigenvalue weighted by Crippen LogP contribution is -2.37. The number of nitrogens with zero attached hydrogens (tertiary/aromatic N) is 5. The summed E-state index contributed by atoms with van der Waals surface area (Å²) in [6.45, 7) is 3.97. The molecule has 13 heteroatoms. The zero-order valence-corrected chi connectivity index (χ0v) is 18.2. The average Bonchev–Trinajstić information content (AvgIpc) is 3.36. The number of ether oxygens (including phenoxy) is 1. The van der Waals surface area contributed by atoms with Crippen molar-refractivity contribution in [1.82, 2.24) is 24.6 Å². The van der Waals surface area contributed by atoms with Gasteiger partial charge in [0.05, 0.1) is 36.5 Å². The van der Waals surface area contributed by atoms with E-state index in [2.05, 4.69) is 15.1 Å². The summed E-state index contributed by atoms with van der Waals surface area (Å²) in [4.78, 5) is 32.0. The van der Waals surface area contributed by atoms with Crippen molar-refractivity contribution in [2.45, 2.75) is 38.9 Å². The maximum atomic E-state index is 12.9. The average molecular weight is 483 g/mol. The number of halogens is 3. The normalized spacial score (nSPS) is 15.8. The predicted octanol–water partition coefficient (Wildman–Crippen LogP) is 2.92. The fourth-order valence-electron chi connectivity index (χ4n) is 3.00. The minimum absolute atomic E-state index is 0.0704. The Balaban J connectivity index is 0.000000383. The molecular formula is C20H20F3N5O4S. The zero-order valence-electron chi connectivity index (χ0n) is 17.4. The van der Waals surface area contributed by atoms with Crippen LogP contribution in [0.3, 0.4) is 0 Å². The Bertz CT molecular complexity index is 1090. The molecular weight excluding hydrogens is 463 g/mol. The largest absolute Gasteiger partial charge is 0.490 e. The molecule has 1 N–H and O–H groups in total. The first-order chi connectivity index (χ1) is 15.6. The number of thiazole rings is 1. The summed E-state index contributed by atoms with van der Waals surface area (Å²) in [5, 5.41) is 14.2. The zero-order chi connectivity index (χ0) is 24.0. The minimum atomic E-state index is -5.08. The van der Waals surface area contributed by atoms with E-state index < -0.39 is 12.1 Å². The lowest BCUT2D eigenvalue weighted by Gasteiger charge is -2.23. The summed E-state index contributed by atoms with van der Waals surface area (Å²) in [6, 6.07) is 5.80. The van der Waals surface area contributed by atoms with Gasteiger partial charge < -0.3 is 14.7 Å². The summed E-state index contributed by atoms with van der Waals surface area (Å²) in [7, 11) is 0. The highest BCUT2D eigenvalue weighted by Crippen LogP contribution is 2.18. The van der Waals surface area contributed by atoms with E-state index in [0.717, 1.165) is 16.3 Å². The minimum Gasteiger partial charge on any atom is -0.475 e. The van der Waals surface area contributed by atoms with Crippen molar-refractivity contribution in [2.75, 3.05) is 6.54 Å². The molecule has 33 heavy (non-hydrogen) atoms. The molecule has 0 aliphatic carbocycles. The molecule has 1 atom stereocenters. The molecule has 9 nitrogen and oxygen atoms in total.